The van der Waals surface area contributed by atoms with Crippen LogP contribution in [0.25, 0.3) is 17.0 Å². The van der Waals surface area contributed by atoms with Gasteiger partial charge in [-0.05, 0) is 34.5 Å². The summed E-state index contributed by atoms with van der Waals surface area (Å²) in [5.74, 6) is 0. The van der Waals surface area contributed by atoms with E-state index in [-0.39, 0.29) is 0 Å². The molecule has 4 nitrogen and oxygen atoms in total. The Morgan fingerprint density at radius 2 is 2.11 bits per heavy atom. The Balaban J connectivity index is 2.25. The van der Waals surface area contributed by atoms with Crippen molar-refractivity contribution >= 4 is 33.2 Å². The van der Waals surface area contributed by atoms with E-state index < -0.39 is 0 Å². The summed E-state index contributed by atoms with van der Waals surface area (Å²) in [5, 5.41) is 4.76. The van der Waals surface area contributed by atoms with Crippen LogP contribution in [0, 0.1) is 0 Å². The lowest BCUT2D eigenvalue weighted by Crippen LogP contribution is -1.97. The average molecular weight is 338 g/mol. The Bertz CT molecular complexity index is 753. The number of fused-ring (bicyclic) bond motifs is 1. The monoisotopic (exact) mass is 336 g/mol. The lowest BCUT2D eigenvalue weighted by Gasteiger charge is -2.04. The van der Waals surface area contributed by atoms with Crippen LogP contribution in [-0.4, -0.2) is 19.6 Å². The van der Waals surface area contributed by atoms with Gasteiger partial charge in [0.2, 0.25) is 0 Å². The summed E-state index contributed by atoms with van der Waals surface area (Å²) in [5.41, 5.74) is 3.38. The van der Waals surface area contributed by atoms with Crippen LogP contribution in [0.3, 0.4) is 0 Å². The predicted molar refractivity (Wildman–Crippen MR) is 78.3 cm³/mol. The molecule has 0 N–H and O–H groups in total. The smallest absolute Gasteiger partial charge is 0.160 e. The van der Waals surface area contributed by atoms with Gasteiger partial charge in [-0.3, -0.25) is 0 Å². The second-order valence-electron chi connectivity index (χ2n) is 4.07. The third-order valence-electron chi connectivity index (χ3n) is 2.86. The quantitative estimate of drug-likeness (QED) is 0.528. The Morgan fingerprint density at radius 3 is 2.84 bits per heavy atom. The molecule has 3 rings (SSSR count). The number of pyridine rings is 1. The van der Waals surface area contributed by atoms with Crippen molar-refractivity contribution in [2.24, 2.45) is 0 Å². The van der Waals surface area contributed by atoms with Gasteiger partial charge < -0.3 is 0 Å². The molecule has 0 saturated heterocycles. The zero-order chi connectivity index (χ0) is 13.4. The van der Waals surface area contributed by atoms with Gasteiger partial charge in [-0.25, -0.2) is 14.5 Å². The maximum atomic E-state index is 6.24. The van der Waals surface area contributed by atoms with Crippen molar-refractivity contribution in [3.63, 3.8) is 0 Å². The van der Waals surface area contributed by atoms with Crippen LogP contribution >= 0.6 is 27.5 Å². The summed E-state index contributed by atoms with van der Waals surface area (Å²) < 4.78 is 2.41. The molecule has 3 aromatic heterocycles. The number of nitrogens with zero attached hydrogens (tertiary/aromatic N) is 4. The van der Waals surface area contributed by atoms with E-state index in [2.05, 4.69) is 37.9 Å². The molecule has 0 aliphatic rings. The fourth-order valence-corrected chi connectivity index (χ4v) is 2.47. The second-order valence-corrected chi connectivity index (χ2v) is 5.27. The zero-order valence-electron chi connectivity index (χ0n) is 10.1. The van der Waals surface area contributed by atoms with Crippen LogP contribution in [-0.2, 0) is 6.42 Å². The molecule has 3 heterocycles. The summed E-state index contributed by atoms with van der Waals surface area (Å²) in [6.07, 6.45) is 2.66. The molecule has 6 heteroatoms. The molecule has 0 fully saturated rings. The largest absolute Gasteiger partial charge is 0.239 e. The first kappa shape index (κ1) is 12.6. The van der Waals surface area contributed by atoms with Gasteiger partial charge >= 0.3 is 0 Å². The number of aryl methyl sites for hydroxylation is 1. The highest BCUT2D eigenvalue weighted by Gasteiger charge is 2.11. The van der Waals surface area contributed by atoms with Gasteiger partial charge in [0.25, 0.3) is 0 Å². The van der Waals surface area contributed by atoms with Crippen molar-refractivity contribution in [3.8, 4) is 11.4 Å². The molecular weight excluding hydrogens is 328 g/mol. The molecule has 0 radical (unpaired) electrons. The predicted octanol–water partition coefficient (Wildman–Crippen LogP) is 3.77. The molecule has 19 heavy (non-hydrogen) atoms. The summed E-state index contributed by atoms with van der Waals surface area (Å²) in [4.78, 5) is 9.01. The number of aromatic nitrogens is 4. The van der Waals surface area contributed by atoms with Crippen LogP contribution < -0.4 is 0 Å². The molecule has 0 aliphatic heterocycles. The summed E-state index contributed by atoms with van der Waals surface area (Å²) in [6, 6.07) is 7.47. The number of hydrogen-bond donors (Lipinski definition) is 0. The van der Waals surface area contributed by atoms with Crippen LogP contribution in [0.15, 0.2) is 35.1 Å². The van der Waals surface area contributed by atoms with Crippen molar-refractivity contribution in [2.45, 2.75) is 13.3 Å². The molecule has 0 aliphatic carbocycles. The number of rotatable bonds is 2. The molecule has 0 atom stereocenters. The highest BCUT2D eigenvalue weighted by atomic mass is 79.9. The van der Waals surface area contributed by atoms with Gasteiger partial charge in [0.1, 0.15) is 9.76 Å². The van der Waals surface area contributed by atoms with E-state index in [1.54, 1.807) is 16.8 Å². The van der Waals surface area contributed by atoms with E-state index in [9.17, 15) is 0 Å². The van der Waals surface area contributed by atoms with E-state index in [4.69, 9.17) is 11.6 Å². The first-order valence-electron chi connectivity index (χ1n) is 5.85. The zero-order valence-corrected chi connectivity index (χ0v) is 12.5. The minimum Gasteiger partial charge on any atom is -0.239 e. The lowest BCUT2D eigenvalue weighted by atomic mass is 10.2. The normalized spacial score (nSPS) is 11.1. The molecule has 0 aromatic carbocycles. The molecule has 0 saturated carbocycles. The Labute approximate surface area is 123 Å². The van der Waals surface area contributed by atoms with Crippen molar-refractivity contribution in [3.05, 3.63) is 45.8 Å². The highest BCUT2D eigenvalue weighted by Crippen LogP contribution is 2.23. The first-order valence-corrected chi connectivity index (χ1v) is 7.02. The number of halogens is 2. The molecule has 96 valence electrons. The summed E-state index contributed by atoms with van der Waals surface area (Å²) in [7, 11) is 0. The van der Waals surface area contributed by atoms with Crippen molar-refractivity contribution in [1.29, 1.82) is 0 Å². The van der Waals surface area contributed by atoms with Crippen LogP contribution in [0.1, 0.15) is 12.5 Å². The van der Waals surface area contributed by atoms with Gasteiger partial charge in [0, 0.05) is 11.6 Å². The van der Waals surface area contributed by atoms with Crippen LogP contribution in [0.4, 0.5) is 0 Å². The maximum Gasteiger partial charge on any atom is 0.160 e. The molecule has 0 unspecified atom stereocenters. The van der Waals surface area contributed by atoms with Crippen molar-refractivity contribution < 1.29 is 0 Å². The highest BCUT2D eigenvalue weighted by molar-refractivity contribution is 9.10. The Hall–Kier alpha value is -1.46. The van der Waals surface area contributed by atoms with Gasteiger partial charge in [-0.2, -0.15) is 5.10 Å². The maximum absolute atomic E-state index is 6.24. The topological polar surface area (TPSA) is 43.1 Å². The minimum absolute atomic E-state index is 0.529. The molecule has 0 spiro atoms. The van der Waals surface area contributed by atoms with Crippen molar-refractivity contribution in [2.75, 3.05) is 0 Å². The van der Waals surface area contributed by atoms with E-state index in [0.29, 0.717) is 5.15 Å². The third kappa shape index (κ3) is 2.24. The summed E-state index contributed by atoms with van der Waals surface area (Å²) >= 11 is 9.60. The SMILES string of the molecule is CCc1cnn2c(Cl)cc(-c3cccc(Br)n3)nc12. The average Bonchev–Trinajstić information content (AvgIpc) is 2.82. The van der Waals surface area contributed by atoms with Crippen molar-refractivity contribution in [1.82, 2.24) is 19.6 Å². The minimum atomic E-state index is 0.529. The standard InChI is InChI=1S/C13H10BrClN4/c1-2-8-7-16-19-12(15)6-10(18-13(8)19)9-4-3-5-11(14)17-9/h3-7H,2H2,1H3. The first-order chi connectivity index (χ1) is 9.19. The third-order valence-corrected chi connectivity index (χ3v) is 3.57. The molecular formula is C13H10BrClN4. The Morgan fingerprint density at radius 1 is 1.26 bits per heavy atom. The van der Waals surface area contributed by atoms with Gasteiger partial charge in [0.15, 0.2) is 5.65 Å². The fraction of sp³-hybridized carbons (Fsp3) is 0.154. The van der Waals surface area contributed by atoms with Crippen LogP contribution in [0.5, 0.6) is 0 Å². The number of hydrogen-bond acceptors (Lipinski definition) is 3. The summed E-state index contributed by atoms with van der Waals surface area (Å²) in [6.45, 7) is 2.07. The molecule has 0 bridgehead atoms. The lowest BCUT2D eigenvalue weighted by molar-refractivity contribution is 0.940. The molecule has 3 aromatic rings. The fourth-order valence-electron chi connectivity index (χ4n) is 1.90. The van der Waals surface area contributed by atoms with Crippen LogP contribution in [0.2, 0.25) is 5.15 Å². The van der Waals surface area contributed by atoms with Gasteiger partial charge in [-0.15, -0.1) is 0 Å². The van der Waals surface area contributed by atoms with E-state index in [1.165, 1.54) is 0 Å². The van der Waals surface area contributed by atoms with Gasteiger partial charge in [0.05, 0.1) is 17.6 Å². The second kappa shape index (κ2) is 4.90. The van der Waals surface area contributed by atoms with E-state index in [1.807, 2.05) is 18.2 Å². The Kier molecular flexibility index (Phi) is 3.24. The van der Waals surface area contributed by atoms with E-state index in [0.717, 1.165) is 33.6 Å². The van der Waals surface area contributed by atoms with Gasteiger partial charge in [-0.1, -0.05) is 24.6 Å². The van der Waals surface area contributed by atoms with E-state index >= 15 is 0 Å². The molecule has 0 amide bonds.